The summed E-state index contributed by atoms with van der Waals surface area (Å²) in [7, 11) is 0.298. The van der Waals surface area contributed by atoms with Crippen molar-refractivity contribution < 1.29 is 8.60 Å². The average Bonchev–Trinajstić information content (AvgIpc) is 3.71. The van der Waals surface area contributed by atoms with Crippen LogP contribution in [-0.4, -0.2) is 31.2 Å². The second-order valence-electron chi connectivity index (χ2n) is 9.81. The summed E-state index contributed by atoms with van der Waals surface area (Å²) in [6, 6.07) is 10.8. The monoisotopic (exact) mass is 552 g/mol. The van der Waals surface area contributed by atoms with Gasteiger partial charge >= 0.3 is 5.69 Å². The van der Waals surface area contributed by atoms with Crippen LogP contribution in [0.5, 0.6) is 0 Å². The molecular weight excluding hydrogens is 523 g/mol. The summed E-state index contributed by atoms with van der Waals surface area (Å²) in [6.07, 6.45) is 2.77. The van der Waals surface area contributed by atoms with Crippen LogP contribution in [0.25, 0.3) is 16.6 Å². The predicted octanol–water partition coefficient (Wildman–Crippen LogP) is 3.55. The smallest absolute Gasteiger partial charge is 0.336 e. The molecule has 0 saturated heterocycles. The van der Waals surface area contributed by atoms with Crippen molar-refractivity contribution in [1.29, 1.82) is 0 Å². The Hall–Kier alpha value is -4.03. The van der Waals surface area contributed by atoms with E-state index in [-0.39, 0.29) is 34.0 Å². The number of benzene rings is 2. The number of hydrogen-bond donors (Lipinski definition) is 2. The van der Waals surface area contributed by atoms with Crippen LogP contribution in [0, 0.1) is 19.7 Å². The summed E-state index contributed by atoms with van der Waals surface area (Å²) in [5.74, 6) is -0.474. The van der Waals surface area contributed by atoms with Crippen LogP contribution in [0.1, 0.15) is 30.0 Å². The number of anilines is 2. The molecule has 0 aliphatic heterocycles. The molecule has 2 aromatic carbocycles. The standard InChI is InChI=1S/C27H29FN6O4S/c1-15-9-12-21(20(28)13-15)30-24-22-23(16(2)25(35)32(24)4)33(27(37)34(26(22)36)18-10-11-18)19-8-6-7-17(14-19)31-39(5,38)29-3/h6-9,12-14,18,30H,10-11H2,1-5H3,(H,29,31,38). The molecule has 1 atom stereocenters. The summed E-state index contributed by atoms with van der Waals surface area (Å²) < 4.78 is 38.1. The van der Waals surface area contributed by atoms with E-state index >= 15 is 0 Å². The zero-order valence-electron chi connectivity index (χ0n) is 22.2. The topological polar surface area (TPSA) is 119 Å². The van der Waals surface area contributed by atoms with Gasteiger partial charge in [0, 0.05) is 24.9 Å². The molecule has 204 valence electrons. The maximum Gasteiger partial charge on any atom is 0.336 e. The predicted molar refractivity (Wildman–Crippen MR) is 152 cm³/mol. The highest BCUT2D eigenvalue weighted by Crippen LogP contribution is 2.34. The van der Waals surface area contributed by atoms with Gasteiger partial charge in [0.1, 0.15) is 26.9 Å². The molecular formula is C27H29FN6O4S. The molecule has 1 aliphatic carbocycles. The minimum Gasteiger partial charge on any atom is -0.338 e. The van der Waals surface area contributed by atoms with Crippen LogP contribution in [0.4, 0.5) is 21.6 Å². The van der Waals surface area contributed by atoms with Gasteiger partial charge in [-0.15, -0.1) is 0 Å². The number of pyridine rings is 1. The molecule has 12 heteroatoms. The van der Waals surface area contributed by atoms with Crippen molar-refractivity contribution in [2.24, 2.45) is 11.4 Å². The van der Waals surface area contributed by atoms with E-state index in [1.54, 1.807) is 44.2 Å². The number of hydrogen-bond acceptors (Lipinski definition) is 6. The maximum atomic E-state index is 14.9. The molecule has 1 saturated carbocycles. The highest BCUT2D eigenvalue weighted by molar-refractivity contribution is 7.91. The number of halogens is 1. The van der Waals surface area contributed by atoms with Crippen molar-refractivity contribution in [2.45, 2.75) is 32.7 Å². The van der Waals surface area contributed by atoms with Gasteiger partial charge in [0.05, 0.1) is 22.6 Å². The number of fused-ring (bicyclic) bond motifs is 1. The third kappa shape index (κ3) is 4.70. The Kier molecular flexibility index (Phi) is 6.55. The van der Waals surface area contributed by atoms with E-state index in [2.05, 4.69) is 14.4 Å². The molecule has 2 heterocycles. The van der Waals surface area contributed by atoms with E-state index in [1.165, 1.54) is 46.2 Å². The Bertz CT molecular complexity index is 1960. The molecule has 39 heavy (non-hydrogen) atoms. The third-order valence-corrected chi connectivity index (χ3v) is 8.20. The van der Waals surface area contributed by atoms with E-state index < -0.39 is 32.5 Å². The molecule has 1 unspecified atom stereocenters. The average molecular weight is 553 g/mol. The zero-order valence-corrected chi connectivity index (χ0v) is 23.1. The fourth-order valence-electron chi connectivity index (χ4n) is 4.64. The Labute approximate surface area is 224 Å². The fraction of sp³-hybridized carbons (Fsp3) is 0.296. The fourth-order valence-corrected chi connectivity index (χ4v) is 5.25. The lowest BCUT2D eigenvalue weighted by atomic mass is 10.1. The van der Waals surface area contributed by atoms with Gasteiger partial charge in [-0.3, -0.25) is 23.3 Å². The van der Waals surface area contributed by atoms with Crippen molar-refractivity contribution in [2.75, 3.05) is 18.6 Å². The summed E-state index contributed by atoms with van der Waals surface area (Å²) in [5.41, 5.74) is 0.167. The summed E-state index contributed by atoms with van der Waals surface area (Å²) >= 11 is 0. The van der Waals surface area contributed by atoms with Crippen molar-refractivity contribution in [3.63, 3.8) is 0 Å². The molecule has 5 rings (SSSR count). The van der Waals surface area contributed by atoms with Crippen LogP contribution in [0.15, 0.2) is 61.2 Å². The highest BCUT2D eigenvalue weighted by atomic mass is 32.2. The van der Waals surface area contributed by atoms with Gasteiger partial charge < -0.3 is 5.32 Å². The lowest BCUT2D eigenvalue weighted by molar-refractivity contribution is 0.630. The first kappa shape index (κ1) is 26.6. The number of rotatable bonds is 6. The molecule has 0 radical (unpaired) electrons. The molecule has 2 N–H and O–H groups in total. The van der Waals surface area contributed by atoms with E-state index in [4.69, 9.17) is 0 Å². The largest absolute Gasteiger partial charge is 0.338 e. The van der Waals surface area contributed by atoms with Crippen LogP contribution in [0.2, 0.25) is 0 Å². The normalized spacial score (nSPS) is 14.8. The number of aromatic nitrogens is 3. The Morgan fingerprint density at radius 3 is 2.41 bits per heavy atom. The van der Waals surface area contributed by atoms with Gasteiger partial charge in [0.25, 0.3) is 11.1 Å². The minimum atomic E-state index is -2.73. The molecule has 0 bridgehead atoms. The molecule has 2 aromatic heterocycles. The van der Waals surface area contributed by atoms with E-state index in [9.17, 15) is 23.0 Å². The van der Waals surface area contributed by atoms with Gasteiger partial charge in [-0.25, -0.2) is 18.1 Å². The molecule has 4 aromatic rings. The van der Waals surface area contributed by atoms with E-state index in [0.717, 1.165) is 0 Å². The lowest BCUT2D eigenvalue weighted by Crippen LogP contribution is -2.41. The highest BCUT2D eigenvalue weighted by Gasteiger charge is 2.31. The van der Waals surface area contributed by atoms with E-state index in [1.807, 2.05) is 0 Å². The minimum absolute atomic E-state index is 0.0732. The van der Waals surface area contributed by atoms with Gasteiger partial charge in [-0.05, 0) is 69.6 Å². The Balaban J connectivity index is 1.91. The van der Waals surface area contributed by atoms with Crippen molar-refractivity contribution in [3.8, 4) is 5.69 Å². The third-order valence-electron chi connectivity index (χ3n) is 6.88. The van der Waals surface area contributed by atoms with Gasteiger partial charge in [0.2, 0.25) is 0 Å². The van der Waals surface area contributed by atoms with Crippen molar-refractivity contribution >= 4 is 38.0 Å². The van der Waals surface area contributed by atoms with Crippen LogP contribution < -0.4 is 26.8 Å². The van der Waals surface area contributed by atoms with Gasteiger partial charge in [-0.2, -0.15) is 4.36 Å². The molecule has 0 spiro atoms. The van der Waals surface area contributed by atoms with Crippen molar-refractivity contribution in [3.05, 3.63) is 90.6 Å². The SMILES string of the molecule is CNS(C)(=O)=Nc1cccc(-n2c(=O)n(C3CC3)c(=O)c3c(Nc4ccc(C)cc4F)n(C)c(=O)c(C)c32)c1. The van der Waals surface area contributed by atoms with Gasteiger partial charge in [-0.1, -0.05) is 12.1 Å². The first-order chi connectivity index (χ1) is 18.4. The Morgan fingerprint density at radius 2 is 1.77 bits per heavy atom. The van der Waals surface area contributed by atoms with Crippen LogP contribution in [-0.2, 0) is 17.0 Å². The van der Waals surface area contributed by atoms with E-state index in [0.29, 0.717) is 29.8 Å². The van der Waals surface area contributed by atoms with Crippen LogP contribution in [0.3, 0.4) is 0 Å². The number of nitrogens with zero attached hydrogens (tertiary/aromatic N) is 4. The first-order valence-corrected chi connectivity index (χ1v) is 14.3. The lowest BCUT2D eigenvalue weighted by Gasteiger charge is -2.20. The first-order valence-electron chi connectivity index (χ1n) is 12.4. The summed E-state index contributed by atoms with van der Waals surface area (Å²) in [6.45, 7) is 3.30. The summed E-state index contributed by atoms with van der Waals surface area (Å²) in [4.78, 5) is 41.2. The van der Waals surface area contributed by atoms with Crippen LogP contribution >= 0.6 is 0 Å². The second kappa shape index (κ2) is 9.62. The second-order valence-corrected chi connectivity index (χ2v) is 12.0. The number of nitrogens with one attached hydrogen (secondary N) is 2. The maximum absolute atomic E-state index is 14.9. The molecule has 0 amide bonds. The zero-order chi connectivity index (χ0) is 28.2. The van der Waals surface area contributed by atoms with Gasteiger partial charge in [0.15, 0.2) is 0 Å². The molecule has 1 aliphatic rings. The molecule has 1 fully saturated rings. The number of aryl methyl sites for hydroxylation is 2. The summed E-state index contributed by atoms with van der Waals surface area (Å²) in [5, 5.41) is 3.03. The molecule has 10 nitrogen and oxygen atoms in total. The quantitative estimate of drug-likeness (QED) is 0.379. The Morgan fingerprint density at radius 1 is 1.05 bits per heavy atom. The van der Waals surface area contributed by atoms with Crippen molar-refractivity contribution in [1.82, 2.24) is 18.4 Å².